The number of nitrogens with zero attached hydrogens (tertiary/aromatic N) is 3. The van der Waals surface area contributed by atoms with Crippen molar-refractivity contribution in [3.63, 3.8) is 0 Å². The number of hydrogen-bond donors (Lipinski definition) is 1. The first-order chi connectivity index (χ1) is 12.4. The van der Waals surface area contributed by atoms with Crippen LogP contribution in [0.25, 0.3) is 22.0 Å². The van der Waals surface area contributed by atoms with Gasteiger partial charge >= 0.3 is 0 Å². The van der Waals surface area contributed by atoms with Gasteiger partial charge in [-0.25, -0.2) is 4.98 Å². The number of aromatic nitrogens is 3. The standard InChI is InChI=1S/C19H12N4S2/c1-2-4-17-13(3-1)22-14-9-12(5-6-18(14)25-17)16-11-24-19(23-16)15-10-20-7-8-21-15/h1-11,22H. The molecule has 2 aromatic heterocycles. The van der Waals surface area contributed by atoms with Crippen LogP contribution < -0.4 is 5.32 Å². The first-order valence-corrected chi connectivity index (χ1v) is 9.47. The Hall–Kier alpha value is -2.70. The van der Waals surface area contributed by atoms with Crippen molar-refractivity contribution in [3.05, 3.63) is 66.4 Å². The summed E-state index contributed by atoms with van der Waals surface area (Å²) in [7, 11) is 0. The zero-order valence-corrected chi connectivity index (χ0v) is 14.6. The van der Waals surface area contributed by atoms with Gasteiger partial charge in [0.05, 0.1) is 23.3 Å². The van der Waals surface area contributed by atoms with Crippen molar-refractivity contribution in [1.82, 2.24) is 15.0 Å². The lowest BCUT2D eigenvalue weighted by atomic mass is 10.1. The van der Waals surface area contributed by atoms with Crippen molar-refractivity contribution in [2.24, 2.45) is 0 Å². The summed E-state index contributed by atoms with van der Waals surface area (Å²) in [6.45, 7) is 0. The molecular weight excluding hydrogens is 348 g/mol. The zero-order valence-electron chi connectivity index (χ0n) is 13.0. The van der Waals surface area contributed by atoms with Crippen LogP contribution in [-0.2, 0) is 0 Å². The fraction of sp³-hybridized carbons (Fsp3) is 0. The van der Waals surface area contributed by atoms with Gasteiger partial charge in [0.2, 0.25) is 0 Å². The van der Waals surface area contributed by atoms with E-state index >= 15 is 0 Å². The quantitative estimate of drug-likeness (QED) is 0.452. The van der Waals surface area contributed by atoms with Gasteiger partial charge in [-0.2, -0.15) is 0 Å². The van der Waals surface area contributed by atoms with E-state index in [1.807, 2.05) is 0 Å². The Kier molecular flexibility index (Phi) is 3.50. The number of benzene rings is 2. The minimum atomic E-state index is 0.805. The molecule has 1 N–H and O–H groups in total. The molecule has 0 spiro atoms. The summed E-state index contributed by atoms with van der Waals surface area (Å²) in [5, 5.41) is 6.47. The van der Waals surface area contributed by atoms with Gasteiger partial charge in [-0.05, 0) is 24.3 Å². The SMILES string of the molecule is c1ccc2c(c1)Nc1cc(-c3csc(-c4cnccn4)n3)ccc1S2. The molecule has 0 atom stereocenters. The largest absolute Gasteiger partial charge is 0.354 e. The van der Waals surface area contributed by atoms with Gasteiger partial charge < -0.3 is 5.32 Å². The Bertz CT molecular complexity index is 1060. The van der Waals surface area contributed by atoms with E-state index in [0.29, 0.717) is 0 Å². The molecule has 6 heteroatoms. The van der Waals surface area contributed by atoms with Crippen LogP contribution in [0.4, 0.5) is 11.4 Å². The molecule has 0 aliphatic carbocycles. The predicted octanol–water partition coefficient (Wildman–Crippen LogP) is 5.48. The van der Waals surface area contributed by atoms with Crippen LogP contribution >= 0.6 is 23.1 Å². The van der Waals surface area contributed by atoms with Crippen molar-refractivity contribution < 1.29 is 0 Å². The molecule has 4 nitrogen and oxygen atoms in total. The second-order valence-corrected chi connectivity index (χ2v) is 7.50. The Morgan fingerprint density at radius 3 is 2.72 bits per heavy atom. The van der Waals surface area contributed by atoms with E-state index in [1.165, 1.54) is 9.79 Å². The Balaban J connectivity index is 1.50. The normalized spacial score (nSPS) is 12.2. The molecule has 0 bridgehead atoms. The van der Waals surface area contributed by atoms with Crippen molar-refractivity contribution >= 4 is 34.5 Å². The number of nitrogens with one attached hydrogen (secondary N) is 1. The summed E-state index contributed by atoms with van der Waals surface area (Å²) in [5.74, 6) is 0. The lowest BCUT2D eigenvalue weighted by Crippen LogP contribution is -1.99. The van der Waals surface area contributed by atoms with Crippen LogP contribution in [0.2, 0.25) is 0 Å². The third-order valence-corrected chi connectivity index (χ3v) is 5.95. The highest BCUT2D eigenvalue weighted by Gasteiger charge is 2.16. The molecule has 2 aromatic carbocycles. The molecule has 3 heterocycles. The highest BCUT2D eigenvalue weighted by atomic mass is 32.2. The Morgan fingerprint density at radius 1 is 0.880 bits per heavy atom. The van der Waals surface area contributed by atoms with Crippen LogP contribution in [0.15, 0.2) is 76.2 Å². The zero-order chi connectivity index (χ0) is 16.6. The molecule has 1 aliphatic rings. The molecule has 4 aromatic rings. The summed E-state index contributed by atoms with van der Waals surface area (Å²) < 4.78 is 0. The maximum absolute atomic E-state index is 4.73. The monoisotopic (exact) mass is 360 g/mol. The fourth-order valence-electron chi connectivity index (χ4n) is 2.73. The summed E-state index contributed by atoms with van der Waals surface area (Å²) in [4.78, 5) is 15.6. The number of fused-ring (bicyclic) bond motifs is 2. The summed E-state index contributed by atoms with van der Waals surface area (Å²) in [6, 6.07) is 14.8. The molecule has 0 saturated carbocycles. The molecule has 120 valence electrons. The van der Waals surface area contributed by atoms with Gasteiger partial charge in [-0.15, -0.1) is 11.3 Å². The van der Waals surface area contributed by atoms with Gasteiger partial charge in [0, 0.05) is 33.1 Å². The number of rotatable bonds is 2. The average molecular weight is 360 g/mol. The molecule has 0 saturated heterocycles. The van der Waals surface area contributed by atoms with Crippen LogP contribution in [0.5, 0.6) is 0 Å². The molecule has 25 heavy (non-hydrogen) atoms. The van der Waals surface area contributed by atoms with Gasteiger partial charge in [0.25, 0.3) is 0 Å². The lowest BCUT2D eigenvalue weighted by Gasteiger charge is -2.21. The van der Waals surface area contributed by atoms with Crippen LogP contribution in [0.1, 0.15) is 0 Å². The van der Waals surface area contributed by atoms with E-state index in [9.17, 15) is 0 Å². The predicted molar refractivity (Wildman–Crippen MR) is 102 cm³/mol. The van der Waals surface area contributed by atoms with Crippen molar-refractivity contribution in [2.75, 3.05) is 5.32 Å². The minimum Gasteiger partial charge on any atom is -0.354 e. The fourth-order valence-corrected chi connectivity index (χ4v) is 4.49. The number of anilines is 2. The Labute approximate surface area is 153 Å². The van der Waals surface area contributed by atoms with Crippen molar-refractivity contribution in [1.29, 1.82) is 0 Å². The third-order valence-electron chi connectivity index (χ3n) is 3.94. The number of hydrogen-bond acceptors (Lipinski definition) is 6. The highest BCUT2D eigenvalue weighted by Crippen LogP contribution is 2.45. The van der Waals surface area contributed by atoms with Crippen LogP contribution in [-0.4, -0.2) is 15.0 Å². The van der Waals surface area contributed by atoms with Gasteiger partial charge in [-0.1, -0.05) is 30.0 Å². The van der Waals surface area contributed by atoms with E-state index in [2.05, 4.69) is 63.1 Å². The van der Waals surface area contributed by atoms with Crippen LogP contribution in [0.3, 0.4) is 0 Å². The van der Waals surface area contributed by atoms with E-state index in [0.717, 1.165) is 33.3 Å². The molecule has 0 radical (unpaired) electrons. The van der Waals surface area contributed by atoms with Crippen molar-refractivity contribution in [3.8, 4) is 22.0 Å². The van der Waals surface area contributed by atoms with E-state index < -0.39 is 0 Å². The summed E-state index contributed by atoms with van der Waals surface area (Å²) >= 11 is 3.37. The van der Waals surface area contributed by atoms with Crippen LogP contribution in [0, 0.1) is 0 Å². The topological polar surface area (TPSA) is 50.7 Å². The molecular formula is C19H12N4S2. The first-order valence-electron chi connectivity index (χ1n) is 7.77. The van der Waals surface area contributed by atoms with Crippen molar-refractivity contribution in [2.45, 2.75) is 9.79 Å². The molecule has 1 aliphatic heterocycles. The maximum atomic E-state index is 4.73. The Morgan fingerprint density at radius 2 is 1.80 bits per heavy atom. The second-order valence-electron chi connectivity index (χ2n) is 5.56. The highest BCUT2D eigenvalue weighted by molar-refractivity contribution is 7.99. The average Bonchev–Trinajstić information content (AvgIpc) is 3.17. The van der Waals surface area contributed by atoms with E-state index in [4.69, 9.17) is 4.98 Å². The molecule has 0 amide bonds. The van der Waals surface area contributed by atoms with E-state index in [1.54, 1.807) is 41.7 Å². The maximum Gasteiger partial charge on any atom is 0.144 e. The van der Waals surface area contributed by atoms with E-state index in [-0.39, 0.29) is 0 Å². The number of para-hydroxylation sites is 1. The molecule has 0 unspecified atom stereocenters. The van der Waals surface area contributed by atoms with Gasteiger partial charge in [-0.3, -0.25) is 9.97 Å². The minimum absolute atomic E-state index is 0.805. The van der Waals surface area contributed by atoms with Gasteiger partial charge in [0.15, 0.2) is 0 Å². The first kappa shape index (κ1) is 14.6. The third kappa shape index (κ3) is 2.69. The lowest BCUT2D eigenvalue weighted by molar-refractivity contribution is 1.19. The molecule has 5 rings (SSSR count). The smallest absolute Gasteiger partial charge is 0.144 e. The van der Waals surface area contributed by atoms with Gasteiger partial charge in [0.1, 0.15) is 10.7 Å². The second kappa shape index (κ2) is 5.98. The number of thiazole rings is 1. The summed E-state index contributed by atoms with van der Waals surface area (Å²) in [6.07, 6.45) is 5.10. The molecule has 0 fully saturated rings. The summed E-state index contributed by atoms with van der Waals surface area (Å²) in [5.41, 5.74) is 5.13.